The van der Waals surface area contributed by atoms with Gasteiger partial charge in [-0.1, -0.05) is 34.8 Å². The highest BCUT2D eigenvalue weighted by atomic mass is 35.5. The molecule has 5 heteroatoms. The van der Waals surface area contributed by atoms with Crippen molar-refractivity contribution in [3.8, 4) is 0 Å². The lowest BCUT2D eigenvalue weighted by Gasteiger charge is -2.57. The second kappa shape index (κ2) is 4.54. The fourth-order valence-electron chi connectivity index (χ4n) is 5.40. The minimum Gasteiger partial charge on any atom is -0.259 e. The molecule has 20 heavy (non-hydrogen) atoms. The SMILES string of the molecule is Cc1nn(C23CC4CC(CC(C4)C2)C3)c(C(Cl)Cl)c1Cl. The number of nitrogens with zero attached hydrogens (tertiary/aromatic N) is 2. The fourth-order valence-corrected chi connectivity index (χ4v) is 6.14. The van der Waals surface area contributed by atoms with Crippen molar-refractivity contribution >= 4 is 34.8 Å². The van der Waals surface area contributed by atoms with Crippen molar-refractivity contribution < 1.29 is 0 Å². The highest BCUT2D eigenvalue weighted by molar-refractivity contribution is 6.45. The number of rotatable bonds is 2. The fraction of sp³-hybridized carbons (Fsp3) is 0.800. The molecule has 2 nitrogen and oxygen atoms in total. The normalized spacial score (nSPS) is 39.0. The molecular weight excluding hydrogens is 315 g/mol. The average molecular weight is 334 g/mol. The number of hydrogen-bond acceptors (Lipinski definition) is 1. The van der Waals surface area contributed by atoms with Gasteiger partial charge in [-0.15, -0.1) is 0 Å². The van der Waals surface area contributed by atoms with Crippen LogP contribution in [0, 0.1) is 24.7 Å². The van der Waals surface area contributed by atoms with E-state index in [0.29, 0.717) is 5.02 Å². The second-order valence-corrected chi connectivity index (χ2v) is 8.61. The molecule has 5 rings (SSSR count). The largest absolute Gasteiger partial charge is 0.259 e. The van der Waals surface area contributed by atoms with Gasteiger partial charge < -0.3 is 0 Å². The summed E-state index contributed by atoms with van der Waals surface area (Å²) < 4.78 is 2.12. The van der Waals surface area contributed by atoms with Gasteiger partial charge in [-0.3, -0.25) is 4.68 Å². The molecule has 0 radical (unpaired) electrons. The predicted octanol–water partition coefficient (Wildman–Crippen LogP) is 5.25. The number of hydrogen-bond donors (Lipinski definition) is 0. The summed E-state index contributed by atoms with van der Waals surface area (Å²) in [7, 11) is 0. The van der Waals surface area contributed by atoms with E-state index in [1.807, 2.05) is 6.92 Å². The summed E-state index contributed by atoms with van der Waals surface area (Å²) in [4.78, 5) is -0.600. The first-order chi connectivity index (χ1) is 9.48. The first kappa shape index (κ1) is 13.7. The molecule has 0 atom stereocenters. The molecule has 4 fully saturated rings. The van der Waals surface area contributed by atoms with E-state index in [2.05, 4.69) is 4.68 Å². The summed E-state index contributed by atoms with van der Waals surface area (Å²) in [5.74, 6) is 2.59. The van der Waals surface area contributed by atoms with Crippen LogP contribution in [0.25, 0.3) is 0 Å². The van der Waals surface area contributed by atoms with Gasteiger partial charge in [0, 0.05) is 0 Å². The zero-order valence-electron chi connectivity index (χ0n) is 11.6. The minimum absolute atomic E-state index is 0.129. The van der Waals surface area contributed by atoms with Gasteiger partial charge in [0.25, 0.3) is 0 Å². The van der Waals surface area contributed by atoms with E-state index in [1.54, 1.807) is 0 Å². The Hall–Kier alpha value is 0.0800. The lowest BCUT2D eigenvalue weighted by Crippen LogP contribution is -2.52. The van der Waals surface area contributed by atoms with E-state index in [4.69, 9.17) is 39.9 Å². The van der Waals surface area contributed by atoms with Crippen LogP contribution in [0.5, 0.6) is 0 Å². The van der Waals surface area contributed by atoms with Crippen LogP contribution in [0.2, 0.25) is 5.02 Å². The molecule has 4 aliphatic rings. The van der Waals surface area contributed by atoms with Crippen LogP contribution in [-0.4, -0.2) is 9.78 Å². The minimum atomic E-state index is -0.600. The van der Waals surface area contributed by atoms with E-state index in [1.165, 1.54) is 38.5 Å². The Morgan fingerprint density at radius 2 is 1.60 bits per heavy atom. The Kier molecular flexibility index (Phi) is 3.11. The Morgan fingerprint density at radius 1 is 1.10 bits per heavy atom. The van der Waals surface area contributed by atoms with Crippen molar-refractivity contribution in [2.75, 3.05) is 0 Å². The molecule has 4 aliphatic carbocycles. The Bertz CT molecular complexity index is 514. The molecule has 4 saturated carbocycles. The molecule has 0 unspecified atom stereocenters. The quantitative estimate of drug-likeness (QED) is 0.676. The summed E-state index contributed by atoms with van der Waals surface area (Å²) in [6.45, 7) is 1.94. The van der Waals surface area contributed by atoms with Gasteiger partial charge in [-0.25, -0.2) is 0 Å². The van der Waals surface area contributed by atoms with Gasteiger partial charge in [0.15, 0.2) is 4.84 Å². The number of halogens is 3. The van der Waals surface area contributed by atoms with Crippen LogP contribution >= 0.6 is 34.8 Å². The third-order valence-corrected chi connectivity index (χ3v) is 6.56. The highest BCUT2D eigenvalue weighted by Crippen LogP contribution is 2.59. The average Bonchev–Trinajstić information content (AvgIpc) is 2.65. The topological polar surface area (TPSA) is 17.8 Å². The van der Waals surface area contributed by atoms with Crippen LogP contribution in [0.3, 0.4) is 0 Å². The maximum Gasteiger partial charge on any atom is 0.150 e. The summed E-state index contributed by atoms with van der Waals surface area (Å²) >= 11 is 18.8. The van der Waals surface area contributed by atoms with Crippen molar-refractivity contribution in [1.82, 2.24) is 9.78 Å². The molecule has 1 aromatic heterocycles. The van der Waals surface area contributed by atoms with Gasteiger partial charge >= 0.3 is 0 Å². The molecule has 1 aromatic rings. The van der Waals surface area contributed by atoms with Crippen LogP contribution in [0.15, 0.2) is 0 Å². The number of aryl methyl sites for hydroxylation is 1. The standard InChI is InChI=1S/C15H19Cl3N2/c1-8-12(16)13(14(17)18)20(19-8)15-5-9-2-10(6-15)4-11(3-9)7-15/h9-11,14H,2-7H2,1H3. The first-order valence-electron chi connectivity index (χ1n) is 7.52. The van der Waals surface area contributed by atoms with Crippen molar-refractivity contribution in [3.63, 3.8) is 0 Å². The van der Waals surface area contributed by atoms with E-state index >= 15 is 0 Å². The van der Waals surface area contributed by atoms with Gasteiger partial charge in [0.05, 0.1) is 21.9 Å². The highest BCUT2D eigenvalue weighted by Gasteiger charge is 2.53. The van der Waals surface area contributed by atoms with Crippen molar-refractivity contribution in [2.45, 2.75) is 55.8 Å². The molecule has 0 saturated heterocycles. The van der Waals surface area contributed by atoms with Gasteiger partial charge in [0.2, 0.25) is 0 Å². The smallest absolute Gasteiger partial charge is 0.150 e. The number of aromatic nitrogens is 2. The van der Waals surface area contributed by atoms with Crippen LogP contribution < -0.4 is 0 Å². The molecule has 0 aliphatic heterocycles. The van der Waals surface area contributed by atoms with E-state index in [-0.39, 0.29) is 5.54 Å². The zero-order chi connectivity index (χ0) is 14.1. The Morgan fingerprint density at radius 3 is 2.05 bits per heavy atom. The van der Waals surface area contributed by atoms with E-state index in [9.17, 15) is 0 Å². The van der Waals surface area contributed by atoms with Gasteiger partial charge in [0.1, 0.15) is 0 Å². The molecule has 0 amide bonds. The summed E-state index contributed by atoms with van der Waals surface area (Å²) in [5.41, 5.74) is 1.79. The van der Waals surface area contributed by atoms with Crippen LogP contribution in [0.4, 0.5) is 0 Å². The monoisotopic (exact) mass is 332 g/mol. The van der Waals surface area contributed by atoms with Crippen molar-refractivity contribution in [3.05, 3.63) is 16.4 Å². The molecule has 0 spiro atoms. The maximum atomic E-state index is 6.40. The van der Waals surface area contributed by atoms with Crippen molar-refractivity contribution in [2.24, 2.45) is 17.8 Å². The van der Waals surface area contributed by atoms with Crippen LogP contribution in [-0.2, 0) is 5.54 Å². The van der Waals surface area contributed by atoms with Gasteiger partial charge in [-0.05, 0) is 63.2 Å². The van der Waals surface area contributed by atoms with Crippen LogP contribution in [0.1, 0.15) is 54.7 Å². The lowest BCUT2D eigenvalue weighted by molar-refractivity contribution is -0.0506. The molecule has 1 heterocycles. The Balaban J connectivity index is 1.83. The maximum absolute atomic E-state index is 6.40. The molecule has 0 aromatic carbocycles. The number of alkyl halides is 2. The summed E-state index contributed by atoms with van der Waals surface area (Å²) in [5, 5.41) is 5.39. The van der Waals surface area contributed by atoms with E-state index < -0.39 is 4.84 Å². The zero-order valence-corrected chi connectivity index (χ0v) is 13.8. The van der Waals surface area contributed by atoms with E-state index in [0.717, 1.165) is 29.1 Å². The second-order valence-electron chi connectivity index (χ2n) is 7.14. The molecule has 110 valence electrons. The first-order valence-corrected chi connectivity index (χ1v) is 8.77. The summed E-state index contributed by atoms with van der Waals surface area (Å²) in [6, 6.07) is 0. The van der Waals surface area contributed by atoms with Gasteiger partial charge in [-0.2, -0.15) is 5.10 Å². The molecule has 4 bridgehead atoms. The molecular formula is C15H19Cl3N2. The third-order valence-electron chi connectivity index (χ3n) is 5.68. The predicted molar refractivity (Wildman–Crippen MR) is 82.6 cm³/mol. The molecule has 0 N–H and O–H groups in total. The van der Waals surface area contributed by atoms with Crippen molar-refractivity contribution in [1.29, 1.82) is 0 Å². The summed E-state index contributed by atoms with van der Waals surface area (Å²) in [6.07, 6.45) is 7.91. The lowest BCUT2D eigenvalue weighted by atomic mass is 9.53. The third kappa shape index (κ3) is 1.87. The Labute approximate surface area is 134 Å².